The largest absolute Gasteiger partial charge is 0.351 e. The summed E-state index contributed by atoms with van der Waals surface area (Å²) in [5, 5.41) is 3.04. The lowest BCUT2D eigenvalue weighted by molar-refractivity contribution is 0.0955. The highest BCUT2D eigenvalue weighted by Crippen LogP contribution is 2.26. The lowest BCUT2D eigenvalue weighted by atomic mass is 10.2. The molecule has 138 valence electrons. The molecule has 0 unspecified atom stereocenters. The van der Waals surface area contributed by atoms with Crippen LogP contribution in [0.1, 0.15) is 35.6 Å². The van der Waals surface area contributed by atoms with Crippen molar-refractivity contribution in [2.75, 3.05) is 26.2 Å². The molecule has 0 fully saturated rings. The van der Waals surface area contributed by atoms with E-state index in [2.05, 4.69) is 29.0 Å². The van der Waals surface area contributed by atoms with Crippen LogP contribution in [-0.4, -0.2) is 46.4 Å². The van der Waals surface area contributed by atoms with Crippen molar-refractivity contribution in [1.82, 2.24) is 19.6 Å². The summed E-state index contributed by atoms with van der Waals surface area (Å²) in [5.41, 5.74) is 2.97. The molecule has 0 saturated heterocycles. The monoisotopic (exact) mass is 370 g/mol. The Morgan fingerprint density at radius 1 is 1.23 bits per heavy atom. The van der Waals surface area contributed by atoms with Gasteiger partial charge >= 0.3 is 0 Å². The van der Waals surface area contributed by atoms with Gasteiger partial charge in [0.15, 0.2) is 4.96 Å². The van der Waals surface area contributed by atoms with Crippen LogP contribution >= 0.6 is 11.3 Å². The van der Waals surface area contributed by atoms with Gasteiger partial charge in [-0.25, -0.2) is 4.98 Å². The SMILES string of the molecule is CCN(CC)CCCNC(=O)c1sc2nc(-c3ccccc3)cn2c1C. The summed E-state index contributed by atoms with van der Waals surface area (Å²) in [6, 6.07) is 10.1. The van der Waals surface area contributed by atoms with Gasteiger partial charge in [-0.1, -0.05) is 55.5 Å². The Morgan fingerprint density at radius 3 is 2.62 bits per heavy atom. The third kappa shape index (κ3) is 3.97. The molecule has 26 heavy (non-hydrogen) atoms. The Labute approximate surface area is 158 Å². The molecule has 0 radical (unpaired) electrons. The maximum atomic E-state index is 12.5. The second-order valence-electron chi connectivity index (χ2n) is 6.30. The standard InChI is InChI=1S/C20H26N4OS/c1-4-23(5-2)13-9-12-21-19(25)18-15(3)24-14-17(22-20(24)26-18)16-10-7-6-8-11-16/h6-8,10-11,14H,4-5,9,12-13H2,1-3H3,(H,21,25). The molecule has 0 bridgehead atoms. The Bertz CT molecular complexity index is 865. The van der Waals surface area contributed by atoms with Crippen molar-refractivity contribution < 1.29 is 4.79 Å². The molecule has 1 N–H and O–H groups in total. The van der Waals surface area contributed by atoms with Crippen LogP contribution in [0.5, 0.6) is 0 Å². The van der Waals surface area contributed by atoms with Crippen LogP contribution in [0.25, 0.3) is 16.2 Å². The molecule has 3 aromatic rings. The minimum Gasteiger partial charge on any atom is -0.351 e. The molecule has 1 amide bonds. The van der Waals surface area contributed by atoms with Gasteiger partial charge in [-0.05, 0) is 33.0 Å². The Kier molecular flexibility index (Phi) is 6.06. The van der Waals surface area contributed by atoms with Crippen molar-refractivity contribution in [2.45, 2.75) is 27.2 Å². The van der Waals surface area contributed by atoms with Crippen molar-refractivity contribution in [2.24, 2.45) is 0 Å². The van der Waals surface area contributed by atoms with Crippen LogP contribution in [0, 0.1) is 6.92 Å². The highest BCUT2D eigenvalue weighted by Gasteiger charge is 2.17. The summed E-state index contributed by atoms with van der Waals surface area (Å²) in [6.45, 7) is 10.1. The van der Waals surface area contributed by atoms with Crippen molar-refractivity contribution in [3.8, 4) is 11.3 Å². The van der Waals surface area contributed by atoms with Crippen LogP contribution in [0.4, 0.5) is 0 Å². The smallest absolute Gasteiger partial charge is 0.263 e. The van der Waals surface area contributed by atoms with E-state index in [9.17, 15) is 4.79 Å². The number of carbonyl (C=O) groups excluding carboxylic acids is 1. The third-order valence-electron chi connectivity index (χ3n) is 4.66. The lowest BCUT2D eigenvalue weighted by Gasteiger charge is -2.17. The molecule has 2 aromatic heterocycles. The van der Waals surface area contributed by atoms with E-state index < -0.39 is 0 Å². The molecular formula is C20H26N4OS. The molecule has 6 heteroatoms. The zero-order valence-electron chi connectivity index (χ0n) is 15.7. The second-order valence-corrected chi connectivity index (χ2v) is 7.28. The zero-order chi connectivity index (χ0) is 18.5. The molecular weight excluding hydrogens is 344 g/mol. The van der Waals surface area contributed by atoms with Crippen molar-refractivity contribution in [1.29, 1.82) is 0 Å². The number of fused-ring (bicyclic) bond motifs is 1. The van der Waals surface area contributed by atoms with Crippen molar-refractivity contribution in [3.05, 3.63) is 47.1 Å². The number of nitrogens with one attached hydrogen (secondary N) is 1. The average molecular weight is 371 g/mol. The Morgan fingerprint density at radius 2 is 1.96 bits per heavy atom. The van der Waals surface area contributed by atoms with Gasteiger partial charge in [0, 0.05) is 24.0 Å². The maximum absolute atomic E-state index is 12.5. The van der Waals surface area contributed by atoms with E-state index in [0.717, 1.165) is 52.8 Å². The first kappa shape index (κ1) is 18.6. The number of hydrogen-bond acceptors (Lipinski definition) is 4. The molecule has 1 aromatic carbocycles. The van der Waals surface area contributed by atoms with Gasteiger partial charge in [-0.15, -0.1) is 0 Å². The number of aryl methyl sites for hydroxylation is 1. The zero-order valence-corrected chi connectivity index (χ0v) is 16.5. The number of nitrogens with zero attached hydrogens (tertiary/aromatic N) is 3. The normalized spacial score (nSPS) is 11.4. The first-order chi connectivity index (χ1) is 12.6. The van der Waals surface area contributed by atoms with Gasteiger partial charge in [-0.2, -0.15) is 0 Å². The summed E-state index contributed by atoms with van der Waals surface area (Å²) < 4.78 is 2.01. The quantitative estimate of drug-likeness (QED) is 0.613. The summed E-state index contributed by atoms with van der Waals surface area (Å²) in [7, 11) is 0. The van der Waals surface area contributed by atoms with Gasteiger partial charge in [0.05, 0.1) is 5.69 Å². The number of hydrogen-bond donors (Lipinski definition) is 1. The number of thiazole rings is 1. The number of benzene rings is 1. The predicted octanol–water partition coefficient (Wildman–Crippen LogP) is 3.83. The molecule has 0 aliphatic rings. The predicted molar refractivity (Wildman–Crippen MR) is 108 cm³/mol. The number of carbonyl (C=O) groups is 1. The first-order valence-corrected chi connectivity index (χ1v) is 10.00. The average Bonchev–Trinajstić information content (AvgIpc) is 3.22. The Balaban J connectivity index is 1.66. The molecule has 2 heterocycles. The van der Waals surface area contributed by atoms with E-state index in [-0.39, 0.29) is 5.91 Å². The van der Waals surface area contributed by atoms with E-state index in [0.29, 0.717) is 6.54 Å². The van der Waals surface area contributed by atoms with E-state index in [1.54, 1.807) is 0 Å². The van der Waals surface area contributed by atoms with Gasteiger partial charge in [-0.3, -0.25) is 9.20 Å². The highest BCUT2D eigenvalue weighted by atomic mass is 32.1. The van der Waals surface area contributed by atoms with Crippen LogP contribution in [0.3, 0.4) is 0 Å². The van der Waals surface area contributed by atoms with Crippen LogP contribution in [0.2, 0.25) is 0 Å². The van der Waals surface area contributed by atoms with E-state index in [4.69, 9.17) is 0 Å². The van der Waals surface area contributed by atoms with E-state index >= 15 is 0 Å². The van der Waals surface area contributed by atoms with Crippen LogP contribution in [0.15, 0.2) is 36.5 Å². The summed E-state index contributed by atoms with van der Waals surface area (Å²) in [6.07, 6.45) is 2.97. The summed E-state index contributed by atoms with van der Waals surface area (Å²) in [4.78, 5) is 21.2. The molecule has 5 nitrogen and oxygen atoms in total. The van der Waals surface area contributed by atoms with E-state index in [1.165, 1.54) is 11.3 Å². The minimum atomic E-state index is -0.00110. The molecule has 0 spiro atoms. The van der Waals surface area contributed by atoms with Gasteiger partial charge in [0.2, 0.25) is 0 Å². The van der Waals surface area contributed by atoms with E-state index in [1.807, 2.05) is 47.9 Å². The first-order valence-electron chi connectivity index (χ1n) is 9.18. The third-order valence-corrected chi connectivity index (χ3v) is 5.82. The molecule has 3 rings (SSSR count). The number of amides is 1. The molecule has 0 aliphatic carbocycles. The fourth-order valence-electron chi connectivity index (χ4n) is 3.03. The number of rotatable bonds is 8. The topological polar surface area (TPSA) is 49.6 Å². The van der Waals surface area contributed by atoms with Gasteiger partial charge in [0.25, 0.3) is 5.91 Å². The lowest BCUT2D eigenvalue weighted by Crippen LogP contribution is -2.29. The number of aromatic nitrogens is 2. The maximum Gasteiger partial charge on any atom is 0.263 e. The van der Waals surface area contributed by atoms with Gasteiger partial charge < -0.3 is 10.2 Å². The minimum absolute atomic E-state index is 0.00110. The van der Waals surface area contributed by atoms with Crippen molar-refractivity contribution in [3.63, 3.8) is 0 Å². The summed E-state index contributed by atoms with van der Waals surface area (Å²) in [5.74, 6) is -0.00110. The Hall–Kier alpha value is -2.18. The number of imidazole rings is 1. The molecule has 0 aliphatic heterocycles. The van der Waals surface area contributed by atoms with Crippen molar-refractivity contribution >= 4 is 22.2 Å². The van der Waals surface area contributed by atoms with Crippen LogP contribution < -0.4 is 5.32 Å². The molecule has 0 atom stereocenters. The van der Waals surface area contributed by atoms with Gasteiger partial charge in [0.1, 0.15) is 4.88 Å². The summed E-state index contributed by atoms with van der Waals surface area (Å²) >= 11 is 1.45. The fourth-order valence-corrected chi connectivity index (χ4v) is 4.06. The van der Waals surface area contributed by atoms with Crippen LogP contribution in [-0.2, 0) is 0 Å². The second kappa shape index (κ2) is 8.47. The highest BCUT2D eigenvalue weighted by molar-refractivity contribution is 7.19. The fraction of sp³-hybridized carbons (Fsp3) is 0.400. The molecule has 0 saturated carbocycles.